The highest BCUT2D eigenvalue weighted by molar-refractivity contribution is 14.1. The lowest BCUT2D eigenvalue weighted by Crippen LogP contribution is -2.45. The summed E-state index contributed by atoms with van der Waals surface area (Å²) in [5.41, 5.74) is 0. The smallest absolute Gasteiger partial charge is 0.316 e. The van der Waals surface area contributed by atoms with Crippen LogP contribution in [0.5, 0.6) is 0 Å². The first-order valence-corrected chi connectivity index (χ1v) is 8.37. The van der Waals surface area contributed by atoms with Crippen molar-refractivity contribution in [3.05, 3.63) is 0 Å². The van der Waals surface area contributed by atoms with E-state index in [2.05, 4.69) is 0 Å². The second kappa shape index (κ2) is 3.78. The highest BCUT2D eigenvalue weighted by Crippen LogP contribution is 2.48. The molecule has 3 saturated heterocycles. The number of esters is 1. The minimum absolute atomic E-state index is 0.262. The number of hydrogen-bond acceptors (Lipinski definition) is 5. The quantitative estimate of drug-likeness (QED) is 0.371. The van der Waals surface area contributed by atoms with Crippen molar-refractivity contribution in [2.75, 3.05) is 11.5 Å². The van der Waals surface area contributed by atoms with Crippen molar-refractivity contribution < 1.29 is 22.7 Å². The van der Waals surface area contributed by atoms with E-state index >= 15 is 0 Å². The van der Waals surface area contributed by atoms with E-state index in [9.17, 15) is 13.2 Å². The third-order valence-corrected chi connectivity index (χ3v) is 6.68. The van der Waals surface area contributed by atoms with E-state index < -0.39 is 21.4 Å². The lowest BCUT2D eigenvalue weighted by Gasteiger charge is -2.25. The fourth-order valence-electron chi connectivity index (χ4n) is 3.04. The average Bonchev–Trinajstić information content (AvgIpc) is 2.88. The number of hydrogen-bond donors (Lipinski definition) is 0. The van der Waals surface area contributed by atoms with Gasteiger partial charge in [-0.3, -0.25) is 4.79 Å². The fraction of sp³-hybridized carbons (Fsp3) is 0.889. The van der Waals surface area contributed by atoms with Crippen LogP contribution in [0.4, 0.5) is 0 Å². The molecule has 3 aliphatic rings. The van der Waals surface area contributed by atoms with E-state index in [0.717, 1.165) is 0 Å². The van der Waals surface area contributed by atoms with Gasteiger partial charge in [0, 0.05) is 7.05 Å². The maximum atomic E-state index is 12.0. The summed E-state index contributed by atoms with van der Waals surface area (Å²) >= 11 is 1.92. The first kappa shape index (κ1) is 12.1. The van der Waals surface area contributed by atoms with Crippen molar-refractivity contribution in [2.24, 2.45) is 0 Å². The molecule has 17 heavy (non-hydrogen) atoms. The van der Waals surface area contributed by atoms with Gasteiger partial charge in [0.05, 0.1) is 22.7 Å². The molecule has 0 aromatic carbocycles. The molecule has 0 aromatic heterocycles. The van der Waals surface area contributed by atoms with Crippen LogP contribution < -0.4 is 0 Å². The molecule has 8 heteroatoms. The molecular weight excluding hydrogens is 361 g/mol. The second-order valence-corrected chi connectivity index (χ2v) is 7.53. The summed E-state index contributed by atoms with van der Waals surface area (Å²) in [6.07, 6.45) is -0.600. The van der Waals surface area contributed by atoms with Crippen molar-refractivity contribution in [3.63, 3.8) is 0 Å². The number of ether oxygens (including phenoxy) is 2. The maximum absolute atomic E-state index is 12.0. The van der Waals surface area contributed by atoms with Crippen LogP contribution in [0.25, 0.3) is 0 Å². The zero-order valence-corrected chi connectivity index (χ0v) is 12.0. The molecule has 3 aliphatic heterocycles. The summed E-state index contributed by atoms with van der Waals surface area (Å²) in [5, 5.41) is -0.447. The topological polar surface area (TPSA) is 72.9 Å². The lowest BCUT2D eigenvalue weighted by molar-refractivity contribution is -0.149. The van der Waals surface area contributed by atoms with Crippen molar-refractivity contribution in [1.82, 2.24) is 4.31 Å². The van der Waals surface area contributed by atoms with Crippen LogP contribution in [0, 0.1) is 0 Å². The third-order valence-electron chi connectivity index (χ3n) is 3.78. The SMILES string of the molecule is CN1C2C(OC(=O)CI)C3CC(C2O3)S1(=O)=O. The highest BCUT2D eigenvalue weighted by Gasteiger charge is 2.68. The summed E-state index contributed by atoms with van der Waals surface area (Å²) in [4.78, 5) is 11.3. The molecule has 0 spiro atoms. The normalized spacial score (nSPS) is 46.4. The average molecular weight is 373 g/mol. The lowest BCUT2D eigenvalue weighted by atomic mass is 9.92. The molecule has 0 radical (unpaired) electrons. The van der Waals surface area contributed by atoms with Crippen LogP contribution in [-0.2, 0) is 24.3 Å². The zero-order valence-electron chi connectivity index (χ0n) is 9.08. The summed E-state index contributed by atoms with van der Waals surface area (Å²) in [6, 6.07) is -0.337. The van der Waals surface area contributed by atoms with Crippen LogP contribution in [0.15, 0.2) is 0 Å². The molecule has 0 aromatic rings. The van der Waals surface area contributed by atoms with E-state index in [1.165, 1.54) is 11.4 Å². The number of rotatable bonds is 2. The molecule has 3 rings (SSSR count). The van der Waals surface area contributed by atoms with Gasteiger partial charge in [0.2, 0.25) is 10.0 Å². The molecule has 0 N–H and O–H groups in total. The van der Waals surface area contributed by atoms with Gasteiger partial charge in [0.25, 0.3) is 0 Å². The first-order valence-electron chi connectivity index (χ1n) is 5.34. The maximum Gasteiger partial charge on any atom is 0.316 e. The van der Waals surface area contributed by atoms with E-state index in [0.29, 0.717) is 6.42 Å². The number of carbonyl (C=O) groups excluding carboxylic acids is 1. The minimum atomic E-state index is -3.27. The molecule has 0 amide bonds. The molecule has 3 heterocycles. The standard InChI is InChI=1S/C9H12INO5S/c1-11-7-8(16-6(12)3-10)4-2-5(9(7)15-4)17(11,13)14/h4-5,7-9H,2-3H2,1H3. The van der Waals surface area contributed by atoms with Crippen LogP contribution in [0.1, 0.15) is 6.42 Å². The summed E-state index contributed by atoms with van der Waals surface area (Å²) in [7, 11) is -1.73. The van der Waals surface area contributed by atoms with E-state index in [1.54, 1.807) is 0 Å². The fourth-order valence-corrected chi connectivity index (χ4v) is 5.23. The molecule has 0 saturated carbocycles. The van der Waals surface area contributed by atoms with Crippen molar-refractivity contribution in [2.45, 2.75) is 36.0 Å². The Bertz CT molecular complexity index is 466. The Labute approximate surface area is 113 Å². The van der Waals surface area contributed by atoms with Gasteiger partial charge in [-0.1, -0.05) is 22.6 Å². The number of carbonyl (C=O) groups is 1. The first-order chi connectivity index (χ1) is 7.96. The predicted octanol–water partition coefficient (Wildman–Crippen LogP) is -0.483. The van der Waals surface area contributed by atoms with Crippen LogP contribution >= 0.6 is 22.6 Å². The Hall–Kier alpha value is 0.0700. The monoisotopic (exact) mass is 373 g/mol. The molecule has 5 unspecified atom stereocenters. The highest BCUT2D eigenvalue weighted by atomic mass is 127. The van der Waals surface area contributed by atoms with Gasteiger partial charge in [0.15, 0.2) is 0 Å². The van der Waals surface area contributed by atoms with Gasteiger partial charge in [-0.15, -0.1) is 0 Å². The van der Waals surface area contributed by atoms with Gasteiger partial charge in [0.1, 0.15) is 11.4 Å². The van der Waals surface area contributed by atoms with Crippen LogP contribution in [-0.4, -0.2) is 59.8 Å². The van der Waals surface area contributed by atoms with Gasteiger partial charge in [-0.2, -0.15) is 4.31 Å². The van der Waals surface area contributed by atoms with Gasteiger partial charge >= 0.3 is 5.97 Å². The number of sulfonamides is 1. The summed E-state index contributed by atoms with van der Waals surface area (Å²) in [6.45, 7) is 0. The van der Waals surface area contributed by atoms with E-state index in [-0.39, 0.29) is 28.6 Å². The number of likely N-dealkylation sites (N-methyl/N-ethyl adjacent to an activating group) is 1. The molecule has 2 bridgehead atoms. The molecule has 0 aliphatic carbocycles. The molecule has 96 valence electrons. The Morgan fingerprint density at radius 3 is 2.94 bits per heavy atom. The Morgan fingerprint density at radius 1 is 1.59 bits per heavy atom. The van der Waals surface area contributed by atoms with E-state index in [1.807, 2.05) is 22.6 Å². The van der Waals surface area contributed by atoms with Crippen molar-refractivity contribution in [3.8, 4) is 0 Å². The van der Waals surface area contributed by atoms with Gasteiger partial charge < -0.3 is 9.47 Å². The number of alkyl halides is 1. The van der Waals surface area contributed by atoms with E-state index in [4.69, 9.17) is 9.47 Å². The summed E-state index contributed by atoms with van der Waals surface area (Å²) < 4.78 is 36.5. The van der Waals surface area contributed by atoms with Gasteiger partial charge in [-0.05, 0) is 6.42 Å². The van der Waals surface area contributed by atoms with Crippen LogP contribution in [0.3, 0.4) is 0 Å². The molecule has 3 fully saturated rings. The minimum Gasteiger partial charge on any atom is -0.457 e. The zero-order chi connectivity index (χ0) is 12.4. The van der Waals surface area contributed by atoms with Gasteiger partial charge in [-0.25, -0.2) is 8.42 Å². The Balaban J connectivity index is 1.90. The number of nitrogens with zero attached hydrogens (tertiary/aromatic N) is 1. The third kappa shape index (κ3) is 1.50. The van der Waals surface area contributed by atoms with Crippen molar-refractivity contribution >= 4 is 38.6 Å². The summed E-state index contributed by atoms with van der Waals surface area (Å²) in [5.74, 6) is -0.319. The molecule has 6 nitrogen and oxygen atoms in total. The van der Waals surface area contributed by atoms with Crippen molar-refractivity contribution in [1.29, 1.82) is 0 Å². The number of fused-ring (bicyclic) bond motifs is 1. The molecular formula is C9H12INO5S. The van der Waals surface area contributed by atoms with Crippen LogP contribution in [0.2, 0.25) is 0 Å². The molecule has 5 atom stereocenters. The Kier molecular flexibility index (Phi) is 2.70. The second-order valence-electron chi connectivity index (χ2n) is 4.55. The predicted molar refractivity (Wildman–Crippen MR) is 66.3 cm³/mol. The Morgan fingerprint density at radius 2 is 2.29 bits per heavy atom. The largest absolute Gasteiger partial charge is 0.457 e. The number of halogens is 1.